The molecule has 44 heavy (non-hydrogen) atoms. The molecule has 3 heterocycles. The van der Waals surface area contributed by atoms with Crippen LogP contribution in [-0.2, 0) is 14.3 Å². The van der Waals surface area contributed by atoms with Crippen LogP contribution in [0, 0.1) is 0 Å². The van der Waals surface area contributed by atoms with Crippen LogP contribution in [-0.4, -0.2) is 57.7 Å². The average Bonchev–Trinajstić information content (AvgIpc) is 3.38. The molecule has 4 aromatic rings. The van der Waals surface area contributed by atoms with Gasteiger partial charge in [0.1, 0.15) is 17.5 Å². The molecule has 1 saturated heterocycles. The number of anilines is 1. The number of thiazole rings is 1. The standard InChI is InChI=1S/C34H33N3O6S/c1-4-43-33(39)29-30(23-8-6-5-7-9-23)35-34-37(31(29)26-15-14-25(40-2)21-27(26)41-3)32(38)28(44-34)20-22-10-12-24(13-11-22)36-16-18-42-19-17-36/h5-15,20-21,31H,4,16-19H2,1-3H3. The van der Waals surface area contributed by atoms with Gasteiger partial charge in [0, 0.05) is 36.0 Å². The van der Waals surface area contributed by atoms with Crippen LogP contribution in [0.4, 0.5) is 5.69 Å². The fraction of sp³-hybridized carbons (Fsp3) is 0.265. The van der Waals surface area contributed by atoms with Crippen LogP contribution in [0.3, 0.4) is 0 Å². The zero-order valence-corrected chi connectivity index (χ0v) is 25.6. The van der Waals surface area contributed by atoms with Crippen molar-refractivity contribution in [3.05, 3.63) is 115 Å². The molecule has 6 rings (SSSR count). The van der Waals surface area contributed by atoms with Gasteiger partial charge in [0.2, 0.25) is 0 Å². The number of nitrogens with zero attached hydrogens (tertiary/aromatic N) is 3. The molecule has 0 saturated carbocycles. The number of aromatic nitrogens is 1. The Morgan fingerprint density at radius 3 is 2.45 bits per heavy atom. The molecule has 3 aromatic carbocycles. The van der Waals surface area contributed by atoms with E-state index < -0.39 is 12.0 Å². The first-order chi connectivity index (χ1) is 21.5. The Kier molecular flexibility index (Phi) is 8.63. The van der Waals surface area contributed by atoms with E-state index in [1.165, 1.54) is 11.3 Å². The van der Waals surface area contributed by atoms with Crippen LogP contribution in [0.1, 0.15) is 29.7 Å². The van der Waals surface area contributed by atoms with E-state index in [1.807, 2.05) is 54.6 Å². The van der Waals surface area contributed by atoms with E-state index >= 15 is 0 Å². The Bertz CT molecular complexity index is 1870. The third-order valence-electron chi connectivity index (χ3n) is 7.68. The van der Waals surface area contributed by atoms with E-state index in [2.05, 4.69) is 17.0 Å². The Balaban J connectivity index is 1.55. The van der Waals surface area contributed by atoms with Gasteiger partial charge in [0.05, 0.1) is 49.8 Å². The topological polar surface area (TPSA) is 91.6 Å². The quantitative estimate of drug-likeness (QED) is 0.280. The molecule has 9 nitrogen and oxygen atoms in total. The van der Waals surface area contributed by atoms with E-state index in [9.17, 15) is 9.59 Å². The van der Waals surface area contributed by atoms with Crippen LogP contribution < -0.4 is 29.3 Å². The summed E-state index contributed by atoms with van der Waals surface area (Å²) < 4.78 is 24.3. The summed E-state index contributed by atoms with van der Waals surface area (Å²) >= 11 is 1.28. The summed E-state index contributed by atoms with van der Waals surface area (Å²) in [5.74, 6) is 0.508. The van der Waals surface area contributed by atoms with Crippen LogP contribution in [0.15, 0.2) is 88.2 Å². The molecule has 1 aromatic heterocycles. The zero-order valence-electron chi connectivity index (χ0n) is 24.8. The Hall–Kier alpha value is -4.67. The van der Waals surface area contributed by atoms with Gasteiger partial charge in [0.15, 0.2) is 4.80 Å². The van der Waals surface area contributed by atoms with Crippen molar-refractivity contribution in [3.63, 3.8) is 0 Å². The molecule has 1 unspecified atom stereocenters. The molecule has 0 aliphatic carbocycles. The maximum absolute atomic E-state index is 14.2. The van der Waals surface area contributed by atoms with Crippen LogP contribution >= 0.6 is 11.3 Å². The molecule has 0 radical (unpaired) electrons. The van der Waals surface area contributed by atoms with Crippen molar-refractivity contribution in [3.8, 4) is 11.5 Å². The number of rotatable bonds is 8. The smallest absolute Gasteiger partial charge is 0.338 e. The monoisotopic (exact) mass is 611 g/mol. The highest BCUT2D eigenvalue weighted by Gasteiger charge is 2.36. The number of morpholine rings is 1. The van der Waals surface area contributed by atoms with Gasteiger partial charge in [-0.2, -0.15) is 0 Å². The highest BCUT2D eigenvalue weighted by atomic mass is 32.1. The summed E-state index contributed by atoms with van der Waals surface area (Å²) in [5.41, 5.74) is 3.81. The second-order valence-corrected chi connectivity index (χ2v) is 11.2. The van der Waals surface area contributed by atoms with Gasteiger partial charge in [-0.05, 0) is 42.8 Å². The first kappa shape index (κ1) is 29.4. The number of hydrogen-bond acceptors (Lipinski definition) is 9. The number of carbonyl (C=O) groups excluding carboxylic acids is 1. The molecule has 2 aliphatic heterocycles. The minimum Gasteiger partial charge on any atom is -0.497 e. The third kappa shape index (κ3) is 5.66. The lowest BCUT2D eigenvalue weighted by molar-refractivity contribution is -0.138. The van der Waals surface area contributed by atoms with Gasteiger partial charge in [-0.3, -0.25) is 9.36 Å². The van der Waals surface area contributed by atoms with Crippen LogP contribution in [0.25, 0.3) is 11.8 Å². The number of carbonyl (C=O) groups is 1. The second-order valence-electron chi connectivity index (χ2n) is 10.2. The molecular weight excluding hydrogens is 578 g/mol. The van der Waals surface area contributed by atoms with Crippen molar-refractivity contribution in [2.24, 2.45) is 4.99 Å². The van der Waals surface area contributed by atoms with Crippen LogP contribution in [0.2, 0.25) is 0 Å². The Morgan fingerprint density at radius 1 is 1.02 bits per heavy atom. The first-order valence-corrected chi connectivity index (χ1v) is 15.3. The molecule has 0 N–H and O–H groups in total. The highest BCUT2D eigenvalue weighted by Crippen LogP contribution is 2.40. The number of ether oxygens (including phenoxy) is 4. The summed E-state index contributed by atoms with van der Waals surface area (Å²) in [7, 11) is 3.12. The van der Waals surface area contributed by atoms with E-state index in [4.69, 9.17) is 23.9 Å². The second kappa shape index (κ2) is 12.9. The van der Waals surface area contributed by atoms with Gasteiger partial charge in [0.25, 0.3) is 5.56 Å². The summed E-state index contributed by atoms with van der Waals surface area (Å²) in [4.78, 5) is 35.6. The van der Waals surface area contributed by atoms with Crippen molar-refractivity contribution >= 4 is 34.8 Å². The number of methoxy groups -OCH3 is 2. The van der Waals surface area contributed by atoms with E-state index in [1.54, 1.807) is 37.8 Å². The molecule has 1 atom stereocenters. The molecule has 0 amide bonds. The lowest BCUT2D eigenvalue weighted by Crippen LogP contribution is -2.40. The lowest BCUT2D eigenvalue weighted by Gasteiger charge is -2.28. The van der Waals surface area contributed by atoms with E-state index in [0.717, 1.165) is 29.9 Å². The van der Waals surface area contributed by atoms with Gasteiger partial charge < -0.3 is 23.8 Å². The minimum atomic E-state index is -0.854. The van der Waals surface area contributed by atoms with Crippen molar-refractivity contribution in [2.45, 2.75) is 13.0 Å². The van der Waals surface area contributed by atoms with Gasteiger partial charge in [-0.25, -0.2) is 9.79 Å². The SMILES string of the molecule is CCOC(=O)C1=C(c2ccccc2)N=c2sc(=Cc3ccc(N4CCOCC4)cc3)c(=O)n2C1c1ccc(OC)cc1OC. The highest BCUT2D eigenvalue weighted by molar-refractivity contribution is 7.07. The van der Waals surface area contributed by atoms with Crippen molar-refractivity contribution < 1.29 is 23.7 Å². The van der Waals surface area contributed by atoms with E-state index in [-0.39, 0.29) is 17.7 Å². The van der Waals surface area contributed by atoms with Crippen molar-refractivity contribution in [1.29, 1.82) is 0 Å². The van der Waals surface area contributed by atoms with Gasteiger partial charge >= 0.3 is 5.97 Å². The number of fused-ring (bicyclic) bond motifs is 1. The predicted molar refractivity (Wildman–Crippen MR) is 170 cm³/mol. The largest absolute Gasteiger partial charge is 0.497 e. The molecule has 2 aliphatic rings. The van der Waals surface area contributed by atoms with Gasteiger partial charge in [-0.15, -0.1) is 0 Å². The number of esters is 1. The van der Waals surface area contributed by atoms with Crippen molar-refractivity contribution in [2.75, 3.05) is 52.0 Å². The summed E-state index contributed by atoms with van der Waals surface area (Å²) in [6.45, 7) is 5.03. The molecule has 1 fully saturated rings. The number of hydrogen-bond donors (Lipinski definition) is 0. The number of benzene rings is 3. The molecule has 0 spiro atoms. The fourth-order valence-electron chi connectivity index (χ4n) is 5.53. The Labute approximate surface area is 258 Å². The summed E-state index contributed by atoms with van der Waals surface area (Å²) in [5, 5.41) is 0. The fourth-order valence-corrected chi connectivity index (χ4v) is 6.53. The predicted octanol–water partition coefficient (Wildman–Crippen LogP) is 3.79. The molecular formula is C34H33N3O6S. The molecule has 0 bridgehead atoms. The zero-order chi connectivity index (χ0) is 30.6. The summed E-state index contributed by atoms with van der Waals surface area (Å²) in [6.07, 6.45) is 1.87. The van der Waals surface area contributed by atoms with Gasteiger partial charge in [-0.1, -0.05) is 53.8 Å². The normalized spacial score (nSPS) is 16.8. The molecule has 226 valence electrons. The average molecular weight is 612 g/mol. The minimum absolute atomic E-state index is 0.168. The molecule has 10 heteroatoms. The Morgan fingerprint density at radius 2 is 1.77 bits per heavy atom. The third-order valence-corrected chi connectivity index (χ3v) is 8.66. The maximum Gasteiger partial charge on any atom is 0.338 e. The lowest BCUT2D eigenvalue weighted by atomic mass is 9.92. The first-order valence-electron chi connectivity index (χ1n) is 14.5. The van der Waals surface area contributed by atoms with Crippen molar-refractivity contribution in [1.82, 2.24) is 4.57 Å². The van der Waals surface area contributed by atoms with Crippen LogP contribution in [0.5, 0.6) is 11.5 Å². The summed E-state index contributed by atoms with van der Waals surface area (Å²) in [6, 6.07) is 22.1. The maximum atomic E-state index is 14.2. The van der Waals surface area contributed by atoms with E-state index in [0.29, 0.717) is 45.3 Å².